The van der Waals surface area contributed by atoms with Crippen LogP contribution in [0, 0.1) is 0 Å². The molecule has 1 amide bonds. The van der Waals surface area contributed by atoms with Crippen LogP contribution in [0.5, 0.6) is 0 Å². The van der Waals surface area contributed by atoms with Crippen molar-refractivity contribution in [3.63, 3.8) is 0 Å². The SMILES string of the molecule is O=C(Nc1nnc(C2CCCCC2)o1)c1ccc(Cl)cc1Cl. The van der Waals surface area contributed by atoms with E-state index in [0.717, 1.165) is 12.8 Å². The minimum absolute atomic E-state index is 0.0941. The van der Waals surface area contributed by atoms with Gasteiger partial charge in [0.05, 0.1) is 10.6 Å². The Morgan fingerprint density at radius 1 is 1.18 bits per heavy atom. The number of anilines is 1. The van der Waals surface area contributed by atoms with E-state index in [0.29, 0.717) is 22.4 Å². The first kappa shape index (κ1) is 15.3. The molecule has 0 aliphatic heterocycles. The van der Waals surface area contributed by atoms with Gasteiger partial charge in [-0.05, 0) is 31.0 Å². The fourth-order valence-electron chi connectivity index (χ4n) is 2.64. The largest absolute Gasteiger partial charge is 0.408 e. The Labute approximate surface area is 138 Å². The predicted octanol–water partition coefficient (Wildman–Crippen LogP) is 4.68. The number of hydrogen-bond donors (Lipinski definition) is 1. The number of halogens is 2. The van der Waals surface area contributed by atoms with Crippen molar-refractivity contribution in [3.05, 3.63) is 39.7 Å². The van der Waals surface area contributed by atoms with E-state index in [1.807, 2.05) is 0 Å². The fourth-order valence-corrected chi connectivity index (χ4v) is 3.13. The number of nitrogens with zero attached hydrogens (tertiary/aromatic N) is 2. The second kappa shape index (κ2) is 6.67. The molecule has 22 heavy (non-hydrogen) atoms. The smallest absolute Gasteiger partial charge is 0.322 e. The number of amides is 1. The van der Waals surface area contributed by atoms with Crippen LogP contribution >= 0.6 is 23.2 Å². The molecule has 2 aromatic rings. The third-order valence-electron chi connectivity index (χ3n) is 3.79. The molecule has 0 atom stereocenters. The quantitative estimate of drug-likeness (QED) is 0.881. The van der Waals surface area contributed by atoms with Gasteiger partial charge in [0.2, 0.25) is 5.89 Å². The van der Waals surface area contributed by atoms with Crippen molar-refractivity contribution in [2.75, 3.05) is 5.32 Å². The second-order valence-corrected chi connectivity index (χ2v) is 6.20. The van der Waals surface area contributed by atoms with Crippen LogP contribution in [0.15, 0.2) is 22.6 Å². The highest BCUT2D eigenvalue weighted by Gasteiger charge is 2.22. The van der Waals surface area contributed by atoms with Gasteiger partial charge in [0.25, 0.3) is 5.91 Å². The highest BCUT2D eigenvalue weighted by molar-refractivity contribution is 6.37. The van der Waals surface area contributed by atoms with E-state index in [2.05, 4.69) is 15.5 Å². The lowest BCUT2D eigenvalue weighted by Crippen LogP contribution is -2.12. The second-order valence-electron chi connectivity index (χ2n) is 5.36. The molecule has 3 rings (SSSR count). The molecule has 0 bridgehead atoms. The minimum atomic E-state index is -0.402. The molecule has 0 unspecified atom stereocenters. The van der Waals surface area contributed by atoms with Crippen LogP contribution in [0.4, 0.5) is 6.01 Å². The summed E-state index contributed by atoms with van der Waals surface area (Å²) < 4.78 is 5.56. The number of rotatable bonds is 3. The summed E-state index contributed by atoms with van der Waals surface area (Å²) in [5.41, 5.74) is 0.309. The standard InChI is InChI=1S/C15H15Cl2N3O2/c16-10-6-7-11(12(17)8-10)13(21)18-15-20-19-14(22-15)9-4-2-1-3-5-9/h6-9H,1-5H2,(H,18,20,21). The summed E-state index contributed by atoms with van der Waals surface area (Å²) in [5, 5.41) is 11.2. The molecule has 1 saturated carbocycles. The molecule has 0 spiro atoms. The van der Waals surface area contributed by atoms with E-state index in [1.54, 1.807) is 12.1 Å². The molecular weight excluding hydrogens is 325 g/mol. The average Bonchev–Trinajstić information content (AvgIpc) is 2.96. The Kier molecular flexibility index (Phi) is 4.64. The molecule has 0 radical (unpaired) electrons. The van der Waals surface area contributed by atoms with Gasteiger partial charge in [0, 0.05) is 10.9 Å². The average molecular weight is 340 g/mol. The van der Waals surface area contributed by atoms with E-state index < -0.39 is 5.91 Å². The molecule has 1 aliphatic rings. The van der Waals surface area contributed by atoms with Gasteiger partial charge in [0.1, 0.15) is 0 Å². The van der Waals surface area contributed by atoms with Crippen molar-refractivity contribution in [2.45, 2.75) is 38.0 Å². The first-order chi connectivity index (χ1) is 10.6. The lowest BCUT2D eigenvalue weighted by atomic mass is 9.89. The summed E-state index contributed by atoms with van der Waals surface area (Å²) in [7, 11) is 0. The van der Waals surface area contributed by atoms with Crippen molar-refractivity contribution < 1.29 is 9.21 Å². The van der Waals surface area contributed by atoms with Gasteiger partial charge in [0.15, 0.2) is 0 Å². The summed E-state index contributed by atoms with van der Waals surface area (Å²) in [6, 6.07) is 4.76. The van der Waals surface area contributed by atoms with Crippen LogP contribution < -0.4 is 5.32 Å². The number of carbonyl (C=O) groups is 1. The van der Waals surface area contributed by atoms with E-state index in [4.69, 9.17) is 27.6 Å². The maximum Gasteiger partial charge on any atom is 0.322 e. The van der Waals surface area contributed by atoms with E-state index in [9.17, 15) is 4.79 Å². The molecule has 7 heteroatoms. The van der Waals surface area contributed by atoms with Crippen LogP contribution in [-0.2, 0) is 0 Å². The zero-order valence-electron chi connectivity index (χ0n) is 11.8. The number of hydrogen-bond acceptors (Lipinski definition) is 4. The zero-order valence-corrected chi connectivity index (χ0v) is 13.3. The lowest BCUT2D eigenvalue weighted by Gasteiger charge is -2.17. The van der Waals surface area contributed by atoms with Gasteiger partial charge in [-0.15, -0.1) is 5.10 Å². The predicted molar refractivity (Wildman–Crippen MR) is 84.5 cm³/mol. The van der Waals surface area contributed by atoms with Gasteiger partial charge in [-0.2, -0.15) is 0 Å². The summed E-state index contributed by atoms with van der Waals surface area (Å²) in [5.74, 6) is 0.490. The van der Waals surface area contributed by atoms with Gasteiger partial charge in [-0.3, -0.25) is 10.1 Å². The van der Waals surface area contributed by atoms with Crippen LogP contribution in [0.1, 0.15) is 54.3 Å². The van der Waals surface area contributed by atoms with Crippen molar-refractivity contribution >= 4 is 35.1 Å². The maximum atomic E-state index is 12.2. The molecule has 116 valence electrons. The number of carbonyl (C=O) groups excluding carboxylic acids is 1. The minimum Gasteiger partial charge on any atom is -0.408 e. The zero-order chi connectivity index (χ0) is 15.5. The van der Waals surface area contributed by atoms with Crippen molar-refractivity contribution in [1.29, 1.82) is 0 Å². The lowest BCUT2D eigenvalue weighted by molar-refractivity contribution is 0.102. The van der Waals surface area contributed by atoms with Crippen LogP contribution in [-0.4, -0.2) is 16.1 Å². The highest BCUT2D eigenvalue weighted by Crippen LogP contribution is 2.32. The Bertz CT molecular complexity index is 681. The summed E-state index contributed by atoms with van der Waals surface area (Å²) in [6.45, 7) is 0. The van der Waals surface area contributed by atoms with Crippen molar-refractivity contribution in [1.82, 2.24) is 10.2 Å². The summed E-state index contributed by atoms with van der Waals surface area (Å²) >= 11 is 11.8. The number of nitrogens with one attached hydrogen (secondary N) is 1. The van der Waals surface area contributed by atoms with Crippen LogP contribution in [0.2, 0.25) is 10.0 Å². The molecule has 1 aromatic carbocycles. The van der Waals surface area contributed by atoms with Gasteiger partial charge < -0.3 is 4.42 Å². The Morgan fingerprint density at radius 3 is 2.68 bits per heavy atom. The Balaban J connectivity index is 1.70. The third-order valence-corrected chi connectivity index (χ3v) is 4.34. The monoisotopic (exact) mass is 339 g/mol. The first-order valence-corrected chi connectivity index (χ1v) is 7.99. The molecule has 5 nitrogen and oxygen atoms in total. The van der Waals surface area contributed by atoms with E-state index >= 15 is 0 Å². The van der Waals surface area contributed by atoms with Crippen molar-refractivity contribution in [3.8, 4) is 0 Å². The molecule has 1 aromatic heterocycles. The number of aromatic nitrogens is 2. The molecule has 1 N–H and O–H groups in total. The molecule has 1 aliphatic carbocycles. The van der Waals surface area contributed by atoms with Crippen LogP contribution in [0.3, 0.4) is 0 Å². The fraction of sp³-hybridized carbons (Fsp3) is 0.400. The van der Waals surface area contributed by atoms with E-state index in [-0.39, 0.29) is 11.0 Å². The summed E-state index contributed by atoms with van der Waals surface area (Å²) in [4.78, 5) is 12.2. The molecular formula is C15H15Cl2N3O2. The van der Waals surface area contributed by atoms with Crippen LogP contribution in [0.25, 0.3) is 0 Å². The van der Waals surface area contributed by atoms with Gasteiger partial charge in [-0.1, -0.05) is 47.6 Å². The van der Waals surface area contributed by atoms with Crippen molar-refractivity contribution in [2.24, 2.45) is 0 Å². The third kappa shape index (κ3) is 3.42. The van der Waals surface area contributed by atoms with Gasteiger partial charge >= 0.3 is 6.01 Å². The topological polar surface area (TPSA) is 68.0 Å². The Morgan fingerprint density at radius 2 is 1.95 bits per heavy atom. The highest BCUT2D eigenvalue weighted by atomic mass is 35.5. The summed E-state index contributed by atoms with van der Waals surface area (Å²) in [6.07, 6.45) is 5.71. The maximum absolute atomic E-state index is 12.2. The molecule has 1 fully saturated rings. The van der Waals surface area contributed by atoms with E-state index in [1.165, 1.54) is 25.3 Å². The van der Waals surface area contributed by atoms with Gasteiger partial charge in [-0.25, -0.2) is 0 Å². The normalized spacial score (nSPS) is 15.7. The molecule has 1 heterocycles. The Hall–Kier alpha value is -1.59. The molecule has 0 saturated heterocycles. The first-order valence-electron chi connectivity index (χ1n) is 7.23. The number of benzene rings is 1.